The molecule has 0 unspecified atom stereocenters. The smallest absolute Gasteiger partial charge is 0.449 e. The van der Waals surface area contributed by atoms with E-state index in [4.69, 9.17) is 9.47 Å². The Morgan fingerprint density at radius 1 is 0.744 bits per heavy atom. The highest BCUT2D eigenvalue weighted by atomic mass is 19.4. The molecule has 0 saturated heterocycles. The molecule has 0 fully saturated rings. The Balaban J connectivity index is 1.61. The van der Waals surface area contributed by atoms with Crippen molar-refractivity contribution in [2.45, 2.75) is 135 Å². The average Bonchev–Trinajstić information content (AvgIpc) is 3.00. The van der Waals surface area contributed by atoms with Crippen LogP contribution in [0.25, 0.3) is 10.8 Å². The molecule has 6 heteroatoms. The predicted molar refractivity (Wildman–Crippen MR) is 172 cm³/mol. The number of esters is 1. The first kappa shape index (κ1) is 36.4. The Hall–Kier alpha value is -2.76. The van der Waals surface area contributed by atoms with Gasteiger partial charge in [-0.15, -0.1) is 0 Å². The number of alkyl halides is 3. The van der Waals surface area contributed by atoms with Gasteiger partial charge in [-0.05, 0) is 80.0 Å². The maximum Gasteiger partial charge on any atom is 0.449 e. The third kappa shape index (κ3) is 15.0. The third-order valence-electron chi connectivity index (χ3n) is 7.96. The molecule has 0 heterocycles. The Bertz CT molecular complexity index is 1120. The van der Waals surface area contributed by atoms with Crippen LogP contribution in [0.2, 0.25) is 0 Å². The fraction of sp³-hybridized carbons (Fsp3) is 0.595. The normalized spacial score (nSPS) is 13.1. The number of methoxy groups -OCH3 is 1. The molecule has 0 amide bonds. The number of rotatable bonds is 22. The number of ether oxygens (including phenoxy) is 2. The monoisotopic (exact) mass is 602 g/mol. The summed E-state index contributed by atoms with van der Waals surface area (Å²) in [5.74, 6) is -2.25. The number of hydrogen-bond donors (Lipinski definition) is 0. The zero-order valence-corrected chi connectivity index (χ0v) is 26.7. The summed E-state index contributed by atoms with van der Waals surface area (Å²) >= 11 is 0. The summed E-state index contributed by atoms with van der Waals surface area (Å²) in [6.07, 6.45) is 20.1. The summed E-state index contributed by atoms with van der Waals surface area (Å²) in [7, 11) is 1.58. The highest BCUT2D eigenvalue weighted by Gasteiger charge is 2.38. The molecule has 43 heavy (non-hydrogen) atoms. The number of carbonyl (C=O) groups excluding carboxylic acids is 1. The van der Waals surface area contributed by atoms with E-state index in [1.165, 1.54) is 70.6 Å². The van der Waals surface area contributed by atoms with Crippen LogP contribution in [0, 0.1) is 0 Å². The second-order valence-corrected chi connectivity index (χ2v) is 11.6. The van der Waals surface area contributed by atoms with Crippen molar-refractivity contribution in [3.05, 3.63) is 65.9 Å². The summed E-state index contributed by atoms with van der Waals surface area (Å²) in [6.45, 7) is 3.81. The molecule has 0 bridgehead atoms. The van der Waals surface area contributed by atoms with Crippen molar-refractivity contribution in [1.82, 2.24) is 0 Å². The van der Waals surface area contributed by atoms with Crippen LogP contribution in [-0.4, -0.2) is 19.3 Å². The van der Waals surface area contributed by atoms with E-state index in [-0.39, 0.29) is 6.42 Å². The quantitative estimate of drug-likeness (QED) is 0.0582. The molecule has 0 aromatic heterocycles. The van der Waals surface area contributed by atoms with Crippen molar-refractivity contribution in [3.8, 4) is 5.75 Å². The first-order chi connectivity index (χ1) is 20.8. The maximum atomic E-state index is 13.6. The number of fused-ring (bicyclic) bond motifs is 1. The summed E-state index contributed by atoms with van der Waals surface area (Å²) < 4.78 is 50.9. The molecule has 1 atom stereocenters. The lowest BCUT2D eigenvalue weighted by Crippen LogP contribution is -2.21. The molecule has 2 rings (SSSR count). The minimum atomic E-state index is -4.71. The molecule has 0 aliphatic carbocycles. The molecule has 0 N–H and O–H groups in total. The van der Waals surface area contributed by atoms with E-state index in [9.17, 15) is 18.0 Å². The van der Waals surface area contributed by atoms with Crippen LogP contribution in [0.15, 0.2) is 60.4 Å². The first-order valence-electron chi connectivity index (χ1n) is 16.5. The second-order valence-electron chi connectivity index (χ2n) is 11.6. The van der Waals surface area contributed by atoms with Crippen LogP contribution in [-0.2, 0) is 9.53 Å². The van der Waals surface area contributed by atoms with Crippen molar-refractivity contribution in [2.24, 2.45) is 0 Å². The van der Waals surface area contributed by atoms with Gasteiger partial charge in [0.2, 0.25) is 5.76 Å². The van der Waals surface area contributed by atoms with E-state index in [2.05, 4.69) is 19.1 Å². The molecule has 0 aliphatic heterocycles. The van der Waals surface area contributed by atoms with Gasteiger partial charge in [0.1, 0.15) is 5.75 Å². The van der Waals surface area contributed by atoms with Crippen molar-refractivity contribution < 1.29 is 27.4 Å². The summed E-state index contributed by atoms with van der Waals surface area (Å²) in [5, 5.41) is 1.79. The van der Waals surface area contributed by atoms with Gasteiger partial charge < -0.3 is 9.47 Å². The van der Waals surface area contributed by atoms with Crippen LogP contribution in [0.5, 0.6) is 5.75 Å². The Morgan fingerprint density at radius 3 is 1.81 bits per heavy atom. The van der Waals surface area contributed by atoms with E-state index in [1.807, 2.05) is 18.2 Å². The van der Waals surface area contributed by atoms with E-state index >= 15 is 0 Å². The van der Waals surface area contributed by atoms with Gasteiger partial charge in [-0.2, -0.15) is 13.2 Å². The van der Waals surface area contributed by atoms with Crippen LogP contribution in [0.3, 0.4) is 0 Å². The molecule has 2 aromatic carbocycles. The van der Waals surface area contributed by atoms with Crippen LogP contribution in [0.1, 0.15) is 134 Å². The SMILES string of the molecule is CCCCCCCC/C=C\CCCCCCCCCC/C=C(/OC(=O)[C@@H](C)c1ccc2cc(OC)ccc2c1)C(F)(F)F. The molecule has 3 nitrogen and oxygen atoms in total. The van der Waals surface area contributed by atoms with E-state index in [0.29, 0.717) is 17.7 Å². The summed E-state index contributed by atoms with van der Waals surface area (Å²) in [5.41, 5.74) is 0.601. The fourth-order valence-electron chi connectivity index (χ4n) is 5.17. The van der Waals surface area contributed by atoms with Crippen LogP contribution >= 0.6 is 0 Å². The van der Waals surface area contributed by atoms with E-state index < -0.39 is 23.8 Å². The van der Waals surface area contributed by atoms with Crippen molar-refractivity contribution in [3.63, 3.8) is 0 Å². The summed E-state index contributed by atoms with van der Waals surface area (Å²) in [6, 6.07) is 10.9. The molecule has 2 aromatic rings. The zero-order valence-electron chi connectivity index (χ0n) is 26.7. The molecule has 0 spiro atoms. The van der Waals surface area contributed by atoms with Gasteiger partial charge >= 0.3 is 12.1 Å². The number of carbonyl (C=O) groups is 1. The first-order valence-corrected chi connectivity index (χ1v) is 16.5. The topological polar surface area (TPSA) is 35.5 Å². The lowest BCUT2D eigenvalue weighted by Gasteiger charge is -2.16. The minimum Gasteiger partial charge on any atom is -0.497 e. The predicted octanol–water partition coefficient (Wildman–Crippen LogP) is 12.1. The molecular weight excluding hydrogens is 549 g/mol. The lowest BCUT2D eigenvalue weighted by atomic mass is 9.98. The van der Waals surface area contributed by atoms with E-state index in [0.717, 1.165) is 42.5 Å². The van der Waals surface area contributed by atoms with Gasteiger partial charge in [0.05, 0.1) is 13.0 Å². The van der Waals surface area contributed by atoms with Crippen LogP contribution < -0.4 is 4.74 Å². The second kappa shape index (κ2) is 21.0. The zero-order chi connectivity index (χ0) is 31.3. The number of allylic oxidation sites excluding steroid dienone is 4. The number of halogens is 3. The Morgan fingerprint density at radius 2 is 1.26 bits per heavy atom. The van der Waals surface area contributed by atoms with Gasteiger partial charge in [-0.3, -0.25) is 4.79 Å². The maximum absolute atomic E-state index is 13.6. The van der Waals surface area contributed by atoms with Crippen molar-refractivity contribution in [1.29, 1.82) is 0 Å². The van der Waals surface area contributed by atoms with Crippen molar-refractivity contribution >= 4 is 16.7 Å². The number of unbranched alkanes of at least 4 members (excludes halogenated alkanes) is 15. The summed E-state index contributed by atoms with van der Waals surface area (Å²) in [4.78, 5) is 12.7. The molecule has 0 aliphatic rings. The molecule has 0 saturated carbocycles. The van der Waals surface area contributed by atoms with Crippen LogP contribution in [0.4, 0.5) is 13.2 Å². The minimum absolute atomic E-state index is 0.236. The number of hydrogen-bond acceptors (Lipinski definition) is 3. The fourth-order valence-corrected chi connectivity index (χ4v) is 5.17. The lowest BCUT2D eigenvalue weighted by molar-refractivity contribution is -0.161. The van der Waals surface area contributed by atoms with Gasteiger partial charge in [-0.25, -0.2) is 0 Å². The molecular formula is C37H53F3O3. The Kier molecular flexibility index (Phi) is 17.8. The van der Waals surface area contributed by atoms with E-state index in [1.54, 1.807) is 32.2 Å². The molecule has 0 radical (unpaired) electrons. The van der Waals surface area contributed by atoms with Gasteiger partial charge in [-0.1, -0.05) is 114 Å². The average molecular weight is 603 g/mol. The van der Waals surface area contributed by atoms with Crippen molar-refractivity contribution in [2.75, 3.05) is 7.11 Å². The standard InChI is InChI=1S/C37H53F3O3/c1-4-5-6-7-8-9-10-11-12-13-14-15-16-17-18-19-20-21-22-23-35(37(38,39)40)43-36(41)30(2)31-24-25-33-29-34(42-3)27-26-32(33)28-31/h11-12,23-30H,4-10,13-22H2,1-3H3/b12-11-,35-23+/t30-/m0/s1. The number of benzene rings is 2. The molecule has 240 valence electrons. The van der Waals surface area contributed by atoms with Gasteiger partial charge in [0.25, 0.3) is 0 Å². The highest BCUT2D eigenvalue weighted by Crippen LogP contribution is 2.31. The largest absolute Gasteiger partial charge is 0.497 e. The Labute approximate surface area is 257 Å². The van der Waals surface area contributed by atoms with Gasteiger partial charge in [0, 0.05) is 0 Å². The van der Waals surface area contributed by atoms with Gasteiger partial charge in [0.15, 0.2) is 0 Å². The third-order valence-corrected chi connectivity index (χ3v) is 7.96. The highest BCUT2D eigenvalue weighted by molar-refractivity contribution is 5.87.